The number of nitrogens with one attached hydrogen (secondary N) is 1. The monoisotopic (exact) mass is 260 g/mol. The fourth-order valence-corrected chi connectivity index (χ4v) is 1.63. The third-order valence-corrected chi connectivity index (χ3v) is 2.85. The molecule has 1 aliphatic rings. The molecule has 0 spiro atoms. The molecule has 1 atom stereocenters. The zero-order valence-electron chi connectivity index (χ0n) is 11.0. The molecule has 1 aliphatic carbocycles. The van der Waals surface area contributed by atoms with Crippen LogP contribution >= 0.6 is 0 Å². The van der Waals surface area contributed by atoms with Gasteiger partial charge < -0.3 is 14.8 Å². The van der Waals surface area contributed by atoms with Crippen molar-refractivity contribution in [2.75, 3.05) is 7.11 Å². The molecule has 2 rings (SSSR count). The number of methoxy groups -OCH3 is 1. The fraction of sp³-hybridized carbons (Fsp3) is 0.429. The largest absolute Gasteiger partial charge is 0.497 e. The van der Waals surface area contributed by atoms with Crippen LogP contribution in [-0.2, 0) is 4.79 Å². The summed E-state index contributed by atoms with van der Waals surface area (Å²) in [5, 5.41) is 11.8. The molecule has 19 heavy (non-hydrogen) atoms. The average Bonchev–Trinajstić information content (AvgIpc) is 3.21. The Morgan fingerprint density at radius 2 is 2.11 bits per heavy atom. The lowest BCUT2D eigenvalue weighted by Gasteiger charge is -2.15. The van der Waals surface area contributed by atoms with E-state index < -0.39 is 6.10 Å². The van der Waals surface area contributed by atoms with Crippen molar-refractivity contribution in [3.8, 4) is 17.6 Å². The topological polar surface area (TPSA) is 71.3 Å². The van der Waals surface area contributed by atoms with E-state index in [9.17, 15) is 4.79 Å². The first-order chi connectivity index (χ1) is 9.12. The molecule has 100 valence electrons. The van der Waals surface area contributed by atoms with E-state index in [1.54, 1.807) is 25.1 Å². The van der Waals surface area contributed by atoms with Gasteiger partial charge in [-0.3, -0.25) is 4.79 Å². The molecule has 0 bridgehead atoms. The van der Waals surface area contributed by atoms with Gasteiger partial charge in [0, 0.05) is 12.1 Å². The van der Waals surface area contributed by atoms with Gasteiger partial charge in [-0.05, 0) is 31.9 Å². The van der Waals surface area contributed by atoms with Gasteiger partial charge >= 0.3 is 0 Å². The number of carbonyl (C=O) groups excluding carboxylic acids is 1. The highest BCUT2D eigenvalue weighted by molar-refractivity contribution is 5.81. The van der Waals surface area contributed by atoms with Crippen LogP contribution in [0, 0.1) is 11.3 Å². The summed E-state index contributed by atoms with van der Waals surface area (Å²) in [7, 11) is 1.52. The van der Waals surface area contributed by atoms with E-state index in [0.717, 1.165) is 12.8 Å². The normalized spacial score (nSPS) is 15.2. The van der Waals surface area contributed by atoms with E-state index in [1.165, 1.54) is 7.11 Å². The molecular weight excluding hydrogens is 244 g/mol. The predicted octanol–water partition coefficient (Wildman–Crippen LogP) is 1.61. The summed E-state index contributed by atoms with van der Waals surface area (Å²) in [6, 6.07) is 7.18. The lowest BCUT2D eigenvalue weighted by molar-refractivity contribution is -0.127. The molecular formula is C14H16N2O3. The molecule has 1 saturated carbocycles. The number of hydrogen-bond donors (Lipinski definition) is 1. The summed E-state index contributed by atoms with van der Waals surface area (Å²) in [4.78, 5) is 11.8. The smallest absolute Gasteiger partial charge is 0.260 e. The van der Waals surface area contributed by atoms with Crippen LogP contribution in [0.3, 0.4) is 0 Å². The Kier molecular flexibility index (Phi) is 3.91. The molecule has 0 saturated heterocycles. The summed E-state index contributed by atoms with van der Waals surface area (Å²) < 4.78 is 10.6. The summed E-state index contributed by atoms with van der Waals surface area (Å²) in [6.45, 7) is 1.68. The highest BCUT2D eigenvalue weighted by Crippen LogP contribution is 2.24. The van der Waals surface area contributed by atoms with Crippen molar-refractivity contribution in [2.45, 2.75) is 31.9 Å². The number of nitriles is 1. The van der Waals surface area contributed by atoms with Gasteiger partial charge in [-0.2, -0.15) is 5.26 Å². The van der Waals surface area contributed by atoms with Crippen LogP contribution in [0.1, 0.15) is 25.3 Å². The number of hydrogen-bond acceptors (Lipinski definition) is 4. The number of benzene rings is 1. The van der Waals surface area contributed by atoms with Crippen LogP contribution in [-0.4, -0.2) is 25.2 Å². The van der Waals surface area contributed by atoms with E-state index >= 15 is 0 Å². The number of ether oxygens (including phenoxy) is 2. The van der Waals surface area contributed by atoms with Crippen LogP contribution in [0.25, 0.3) is 0 Å². The minimum absolute atomic E-state index is 0.135. The highest BCUT2D eigenvalue weighted by atomic mass is 16.5. The van der Waals surface area contributed by atoms with Gasteiger partial charge in [0.25, 0.3) is 5.91 Å². The number of rotatable bonds is 5. The molecule has 1 aromatic carbocycles. The zero-order valence-corrected chi connectivity index (χ0v) is 11.0. The first-order valence-electron chi connectivity index (χ1n) is 6.18. The Hall–Kier alpha value is -2.22. The van der Waals surface area contributed by atoms with Crippen LogP contribution in [0.5, 0.6) is 11.5 Å². The van der Waals surface area contributed by atoms with Crippen LogP contribution in [0.15, 0.2) is 18.2 Å². The van der Waals surface area contributed by atoms with Gasteiger partial charge in [0.15, 0.2) is 6.10 Å². The van der Waals surface area contributed by atoms with Crippen LogP contribution in [0.4, 0.5) is 0 Å². The van der Waals surface area contributed by atoms with Gasteiger partial charge in [-0.1, -0.05) is 0 Å². The zero-order chi connectivity index (χ0) is 13.8. The number of amides is 1. The summed E-state index contributed by atoms with van der Waals surface area (Å²) in [5.74, 6) is 0.849. The molecule has 0 radical (unpaired) electrons. The summed E-state index contributed by atoms with van der Waals surface area (Å²) in [6.07, 6.45) is 1.48. The quantitative estimate of drug-likeness (QED) is 0.873. The number of carbonyl (C=O) groups is 1. The molecule has 1 N–H and O–H groups in total. The van der Waals surface area contributed by atoms with Gasteiger partial charge in [-0.15, -0.1) is 0 Å². The second-order valence-electron chi connectivity index (χ2n) is 4.55. The number of nitrogens with zero attached hydrogens (tertiary/aromatic N) is 1. The van der Waals surface area contributed by atoms with E-state index in [-0.39, 0.29) is 5.91 Å². The molecule has 0 heterocycles. The lowest BCUT2D eigenvalue weighted by atomic mass is 10.2. The Bertz CT molecular complexity index is 518. The van der Waals surface area contributed by atoms with Gasteiger partial charge in [0.05, 0.1) is 18.7 Å². The molecule has 1 aromatic rings. The molecule has 5 heteroatoms. The van der Waals surface area contributed by atoms with Crippen molar-refractivity contribution in [3.05, 3.63) is 23.8 Å². The van der Waals surface area contributed by atoms with Crippen molar-refractivity contribution in [2.24, 2.45) is 0 Å². The molecule has 1 amide bonds. The SMILES string of the molecule is COc1cc(C#N)cc(OC(C)C(=O)NC2CC2)c1. The van der Waals surface area contributed by atoms with Crippen molar-refractivity contribution < 1.29 is 14.3 Å². The lowest BCUT2D eigenvalue weighted by Crippen LogP contribution is -2.37. The highest BCUT2D eigenvalue weighted by Gasteiger charge is 2.26. The summed E-state index contributed by atoms with van der Waals surface area (Å²) >= 11 is 0. The van der Waals surface area contributed by atoms with Gasteiger partial charge in [0.2, 0.25) is 0 Å². The molecule has 1 fully saturated rings. The first-order valence-corrected chi connectivity index (χ1v) is 6.18. The third-order valence-electron chi connectivity index (χ3n) is 2.85. The Morgan fingerprint density at radius 1 is 1.42 bits per heavy atom. The van der Waals surface area contributed by atoms with Crippen molar-refractivity contribution >= 4 is 5.91 Å². The van der Waals surface area contributed by atoms with Crippen molar-refractivity contribution in [1.29, 1.82) is 5.26 Å². The predicted molar refractivity (Wildman–Crippen MR) is 69.0 cm³/mol. The second kappa shape index (κ2) is 5.61. The van der Waals surface area contributed by atoms with E-state index in [2.05, 4.69) is 5.32 Å². The van der Waals surface area contributed by atoms with Gasteiger partial charge in [0.1, 0.15) is 11.5 Å². The first kappa shape index (κ1) is 13.2. The molecule has 0 aromatic heterocycles. The van der Waals surface area contributed by atoms with Crippen LogP contribution in [0.2, 0.25) is 0 Å². The molecule has 5 nitrogen and oxygen atoms in total. The molecule has 0 aliphatic heterocycles. The van der Waals surface area contributed by atoms with E-state index in [1.807, 2.05) is 6.07 Å². The van der Waals surface area contributed by atoms with Crippen LogP contribution < -0.4 is 14.8 Å². The standard InChI is InChI=1S/C14H16N2O3/c1-9(14(17)16-11-3-4-11)19-13-6-10(8-15)5-12(7-13)18-2/h5-7,9,11H,3-4H2,1-2H3,(H,16,17). The van der Waals surface area contributed by atoms with E-state index in [4.69, 9.17) is 14.7 Å². The average molecular weight is 260 g/mol. The maximum Gasteiger partial charge on any atom is 0.260 e. The van der Waals surface area contributed by atoms with Gasteiger partial charge in [-0.25, -0.2) is 0 Å². The minimum Gasteiger partial charge on any atom is -0.497 e. The Labute approximate surface area is 112 Å². The third kappa shape index (κ3) is 3.62. The second-order valence-corrected chi connectivity index (χ2v) is 4.55. The maximum atomic E-state index is 11.8. The molecule has 1 unspecified atom stereocenters. The summed E-state index contributed by atoms with van der Waals surface area (Å²) in [5.41, 5.74) is 0.434. The minimum atomic E-state index is -0.598. The maximum absolute atomic E-state index is 11.8. The van der Waals surface area contributed by atoms with Crippen molar-refractivity contribution in [3.63, 3.8) is 0 Å². The Balaban J connectivity index is 2.04. The van der Waals surface area contributed by atoms with E-state index in [0.29, 0.717) is 23.1 Å². The van der Waals surface area contributed by atoms with Crippen molar-refractivity contribution in [1.82, 2.24) is 5.32 Å². The fourth-order valence-electron chi connectivity index (χ4n) is 1.63. The Morgan fingerprint density at radius 3 is 2.68 bits per heavy atom.